The number of methoxy groups -OCH3 is 1. The number of anilines is 2. The normalized spacial score (nSPS) is 11.9. The maximum Gasteiger partial charge on any atom is 0.135 e. The lowest BCUT2D eigenvalue weighted by Crippen LogP contribution is -2.11. The molecule has 0 saturated heterocycles. The zero-order chi connectivity index (χ0) is 14.5. The van der Waals surface area contributed by atoms with Crippen LogP contribution in [-0.4, -0.2) is 17.1 Å². The molecule has 1 aromatic carbocycles. The Balaban J connectivity index is 2.18. The number of aromatic nitrogens is 2. The summed E-state index contributed by atoms with van der Waals surface area (Å²) in [6.45, 7) is 4.12. The van der Waals surface area contributed by atoms with E-state index in [1.165, 1.54) is 6.33 Å². The summed E-state index contributed by atoms with van der Waals surface area (Å²) >= 11 is 0. The Bertz CT molecular complexity index is 569. The Morgan fingerprint density at radius 2 is 1.95 bits per heavy atom. The molecular weight excluding hydrogens is 252 g/mol. The summed E-state index contributed by atoms with van der Waals surface area (Å²) < 4.78 is 5.16. The molecule has 0 fully saturated rings. The third-order valence-electron chi connectivity index (χ3n) is 3.30. The van der Waals surface area contributed by atoms with Gasteiger partial charge in [0.1, 0.15) is 23.7 Å². The van der Waals surface area contributed by atoms with Crippen molar-refractivity contribution in [3.8, 4) is 5.75 Å². The van der Waals surface area contributed by atoms with E-state index in [4.69, 9.17) is 10.5 Å². The Hall–Kier alpha value is -2.30. The van der Waals surface area contributed by atoms with E-state index in [0.717, 1.165) is 29.1 Å². The van der Waals surface area contributed by atoms with Crippen LogP contribution in [0.3, 0.4) is 0 Å². The molecule has 0 radical (unpaired) electrons. The van der Waals surface area contributed by atoms with Crippen LogP contribution in [0.4, 0.5) is 11.6 Å². The Morgan fingerprint density at radius 3 is 2.55 bits per heavy atom. The smallest absolute Gasteiger partial charge is 0.135 e. The summed E-state index contributed by atoms with van der Waals surface area (Å²) in [6, 6.07) is 8.09. The van der Waals surface area contributed by atoms with E-state index in [2.05, 4.69) is 22.2 Å². The number of nitrogen functional groups attached to an aromatic ring is 1. The molecule has 0 amide bonds. The monoisotopic (exact) mass is 272 g/mol. The predicted octanol–water partition coefficient (Wildman–Crippen LogP) is 2.80. The number of hydrogen-bond acceptors (Lipinski definition) is 5. The van der Waals surface area contributed by atoms with Crippen molar-refractivity contribution in [1.82, 2.24) is 9.97 Å². The van der Waals surface area contributed by atoms with Gasteiger partial charge in [-0.05, 0) is 31.0 Å². The van der Waals surface area contributed by atoms with Gasteiger partial charge < -0.3 is 15.8 Å². The van der Waals surface area contributed by atoms with Crippen molar-refractivity contribution in [3.63, 3.8) is 0 Å². The number of rotatable bonds is 5. The standard InChI is InChI=1S/C15H20N4O/c1-4-13-14(16)17-9-18-15(13)19-10(2)11-5-7-12(20-3)8-6-11/h5-10H,4H2,1-3H3,(H3,16,17,18,19). The summed E-state index contributed by atoms with van der Waals surface area (Å²) in [4.78, 5) is 8.31. The summed E-state index contributed by atoms with van der Waals surface area (Å²) in [5.41, 5.74) is 7.99. The second-order valence-corrected chi connectivity index (χ2v) is 4.58. The number of nitrogens with two attached hydrogens (primary N) is 1. The fourth-order valence-corrected chi connectivity index (χ4v) is 2.08. The highest BCUT2D eigenvalue weighted by atomic mass is 16.5. The molecule has 0 aliphatic heterocycles. The van der Waals surface area contributed by atoms with Gasteiger partial charge in [-0.2, -0.15) is 0 Å². The summed E-state index contributed by atoms with van der Waals surface area (Å²) in [6.07, 6.45) is 2.28. The maximum absolute atomic E-state index is 5.88. The Labute approximate surface area is 119 Å². The van der Waals surface area contributed by atoms with Crippen LogP contribution in [0.25, 0.3) is 0 Å². The topological polar surface area (TPSA) is 73.1 Å². The quantitative estimate of drug-likeness (QED) is 0.875. The lowest BCUT2D eigenvalue weighted by atomic mass is 10.1. The lowest BCUT2D eigenvalue weighted by molar-refractivity contribution is 0.414. The van der Waals surface area contributed by atoms with Crippen LogP contribution in [0, 0.1) is 0 Å². The van der Waals surface area contributed by atoms with Crippen molar-refractivity contribution >= 4 is 11.6 Å². The molecule has 3 N–H and O–H groups in total. The van der Waals surface area contributed by atoms with Crippen molar-refractivity contribution in [2.45, 2.75) is 26.3 Å². The average molecular weight is 272 g/mol. The molecule has 1 unspecified atom stereocenters. The molecule has 5 nitrogen and oxygen atoms in total. The van der Waals surface area contributed by atoms with E-state index >= 15 is 0 Å². The first-order chi connectivity index (χ1) is 9.65. The van der Waals surface area contributed by atoms with Gasteiger partial charge in [0, 0.05) is 11.6 Å². The number of nitrogens with one attached hydrogen (secondary N) is 1. The van der Waals surface area contributed by atoms with Crippen LogP contribution in [0.2, 0.25) is 0 Å². The molecule has 0 aliphatic carbocycles. The highest BCUT2D eigenvalue weighted by Gasteiger charge is 2.11. The molecule has 0 bridgehead atoms. The first kappa shape index (κ1) is 14.1. The van der Waals surface area contributed by atoms with Gasteiger partial charge in [0.2, 0.25) is 0 Å². The second-order valence-electron chi connectivity index (χ2n) is 4.58. The van der Waals surface area contributed by atoms with Crippen LogP contribution < -0.4 is 15.8 Å². The average Bonchev–Trinajstić information content (AvgIpc) is 2.47. The SMILES string of the molecule is CCc1c(N)ncnc1NC(C)c1ccc(OC)cc1. The van der Waals surface area contributed by atoms with Crippen molar-refractivity contribution in [2.75, 3.05) is 18.2 Å². The van der Waals surface area contributed by atoms with E-state index < -0.39 is 0 Å². The minimum Gasteiger partial charge on any atom is -0.497 e. The first-order valence-electron chi connectivity index (χ1n) is 6.65. The summed E-state index contributed by atoms with van der Waals surface area (Å²) in [5.74, 6) is 2.18. The minimum absolute atomic E-state index is 0.125. The molecule has 20 heavy (non-hydrogen) atoms. The fourth-order valence-electron chi connectivity index (χ4n) is 2.08. The Kier molecular flexibility index (Phi) is 4.40. The van der Waals surface area contributed by atoms with Gasteiger partial charge in [0.15, 0.2) is 0 Å². The largest absolute Gasteiger partial charge is 0.497 e. The molecule has 1 aromatic heterocycles. The highest BCUT2D eigenvalue weighted by molar-refractivity contribution is 5.55. The van der Waals surface area contributed by atoms with Crippen molar-refractivity contribution in [2.24, 2.45) is 0 Å². The number of benzene rings is 1. The van der Waals surface area contributed by atoms with Gasteiger partial charge >= 0.3 is 0 Å². The molecular formula is C15H20N4O. The molecule has 1 atom stereocenters. The van der Waals surface area contributed by atoms with E-state index in [0.29, 0.717) is 5.82 Å². The van der Waals surface area contributed by atoms with Crippen LogP contribution in [0.5, 0.6) is 5.75 Å². The van der Waals surface area contributed by atoms with E-state index in [1.807, 2.05) is 31.2 Å². The molecule has 2 rings (SSSR count). The van der Waals surface area contributed by atoms with Gasteiger partial charge in [0.25, 0.3) is 0 Å². The van der Waals surface area contributed by atoms with Crippen LogP contribution in [0.15, 0.2) is 30.6 Å². The van der Waals surface area contributed by atoms with Gasteiger partial charge in [0.05, 0.1) is 7.11 Å². The number of hydrogen-bond donors (Lipinski definition) is 2. The maximum atomic E-state index is 5.88. The molecule has 106 valence electrons. The van der Waals surface area contributed by atoms with E-state index in [-0.39, 0.29) is 6.04 Å². The number of ether oxygens (including phenoxy) is 1. The molecule has 0 spiro atoms. The third kappa shape index (κ3) is 2.99. The minimum atomic E-state index is 0.125. The summed E-state index contributed by atoms with van der Waals surface area (Å²) in [5, 5.41) is 3.38. The molecule has 0 aliphatic rings. The molecule has 5 heteroatoms. The van der Waals surface area contributed by atoms with Gasteiger partial charge in [-0.3, -0.25) is 0 Å². The first-order valence-corrected chi connectivity index (χ1v) is 6.65. The Morgan fingerprint density at radius 1 is 1.25 bits per heavy atom. The van der Waals surface area contributed by atoms with Crippen LogP contribution >= 0.6 is 0 Å². The lowest BCUT2D eigenvalue weighted by Gasteiger charge is -2.18. The van der Waals surface area contributed by atoms with Crippen LogP contribution in [-0.2, 0) is 6.42 Å². The second kappa shape index (κ2) is 6.23. The van der Waals surface area contributed by atoms with Gasteiger partial charge in [-0.1, -0.05) is 19.1 Å². The van der Waals surface area contributed by atoms with E-state index in [9.17, 15) is 0 Å². The highest BCUT2D eigenvalue weighted by Crippen LogP contribution is 2.24. The van der Waals surface area contributed by atoms with Crippen molar-refractivity contribution in [1.29, 1.82) is 0 Å². The predicted molar refractivity (Wildman–Crippen MR) is 80.9 cm³/mol. The van der Waals surface area contributed by atoms with E-state index in [1.54, 1.807) is 7.11 Å². The zero-order valence-electron chi connectivity index (χ0n) is 12.1. The molecule has 0 saturated carbocycles. The zero-order valence-corrected chi connectivity index (χ0v) is 12.1. The van der Waals surface area contributed by atoms with Gasteiger partial charge in [-0.25, -0.2) is 9.97 Å². The van der Waals surface area contributed by atoms with Crippen molar-refractivity contribution in [3.05, 3.63) is 41.7 Å². The summed E-state index contributed by atoms with van der Waals surface area (Å²) in [7, 11) is 1.66. The third-order valence-corrected chi connectivity index (χ3v) is 3.30. The molecule has 2 aromatic rings. The number of nitrogens with zero attached hydrogens (tertiary/aromatic N) is 2. The van der Waals surface area contributed by atoms with Gasteiger partial charge in [-0.15, -0.1) is 0 Å². The molecule has 1 heterocycles. The van der Waals surface area contributed by atoms with Crippen molar-refractivity contribution < 1.29 is 4.74 Å². The fraction of sp³-hybridized carbons (Fsp3) is 0.333. The van der Waals surface area contributed by atoms with Crippen LogP contribution in [0.1, 0.15) is 31.0 Å².